The topological polar surface area (TPSA) is 83.1 Å². The number of urea groups is 1. The van der Waals surface area contributed by atoms with Crippen molar-refractivity contribution in [3.8, 4) is 0 Å². The van der Waals surface area contributed by atoms with E-state index in [1.807, 2.05) is 0 Å². The van der Waals surface area contributed by atoms with Gasteiger partial charge in [0.2, 0.25) is 5.91 Å². The van der Waals surface area contributed by atoms with Crippen molar-refractivity contribution < 1.29 is 9.59 Å². The molecule has 3 N–H and O–H groups in total. The van der Waals surface area contributed by atoms with Crippen molar-refractivity contribution in [3.05, 3.63) is 18.2 Å². The molecule has 6 heteroatoms. The van der Waals surface area contributed by atoms with Gasteiger partial charge in [0.05, 0.1) is 0 Å². The largest absolute Gasteiger partial charge is 0.338 e. The van der Waals surface area contributed by atoms with E-state index in [0.29, 0.717) is 18.2 Å². The van der Waals surface area contributed by atoms with Crippen LogP contribution in [0.1, 0.15) is 26.7 Å². The van der Waals surface area contributed by atoms with Gasteiger partial charge in [-0.05, 0) is 18.6 Å². The monoisotopic (exact) mass is 250 g/mol. The Morgan fingerprint density at radius 2 is 1.89 bits per heavy atom. The van der Waals surface area contributed by atoms with E-state index in [9.17, 15) is 9.59 Å². The molecule has 0 aliphatic heterocycles. The fourth-order valence-corrected chi connectivity index (χ4v) is 1.29. The van der Waals surface area contributed by atoms with Gasteiger partial charge in [0.25, 0.3) is 0 Å². The summed E-state index contributed by atoms with van der Waals surface area (Å²) in [6, 6.07) is 4.72. The van der Waals surface area contributed by atoms with E-state index in [1.165, 1.54) is 6.92 Å². The lowest BCUT2D eigenvalue weighted by atomic mass is 10.3. The summed E-state index contributed by atoms with van der Waals surface area (Å²) in [5.74, 6) is 0.608. The summed E-state index contributed by atoms with van der Waals surface area (Å²) in [5.41, 5.74) is 0. The van der Waals surface area contributed by atoms with Crippen LogP contribution in [0.15, 0.2) is 18.2 Å². The minimum absolute atomic E-state index is 0.202. The van der Waals surface area contributed by atoms with Gasteiger partial charge >= 0.3 is 6.03 Å². The molecule has 1 aromatic rings. The van der Waals surface area contributed by atoms with Crippen LogP contribution in [0.3, 0.4) is 0 Å². The maximum absolute atomic E-state index is 11.5. The smallest absolute Gasteiger partial charge is 0.320 e. The van der Waals surface area contributed by atoms with Crippen LogP contribution in [-0.4, -0.2) is 23.5 Å². The fourth-order valence-electron chi connectivity index (χ4n) is 1.29. The lowest BCUT2D eigenvalue weighted by Crippen LogP contribution is -2.29. The highest BCUT2D eigenvalue weighted by molar-refractivity contribution is 5.90. The van der Waals surface area contributed by atoms with Crippen molar-refractivity contribution >= 4 is 23.6 Å². The third-order valence-corrected chi connectivity index (χ3v) is 2.11. The van der Waals surface area contributed by atoms with Gasteiger partial charge in [0, 0.05) is 13.5 Å². The molecule has 0 aliphatic carbocycles. The van der Waals surface area contributed by atoms with E-state index >= 15 is 0 Å². The number of carbonyl (C=O) groups is 2. The van der Waals surface area contributed by atoms with Crippen LogP contribution in [-0.2, 0) is 4.79 Å². The quantitative estimate of drug-likeness (QED) is 0.698. The molecule has 3 amide bonds. The number of aromatic nitrogens is 1. The summed E-state index contributed by atoms with van der Waals surface area (Å²) in [4.78, 5) is 26.4. The molecule has 1 heterocycles. The minimum atomic E-state index is -0.295. The van der Waals surface area contributed by atoms with Crippen LogP contribution in [0.5, 0.6) is 0 Å². The average molecular weight is 250 g/mol. The molecular weight excluding hydrogens is 232 g/mol. The molecule has 0 bridgehead atoms. The summed E-state index contributed by atoms with van der Waals surface area (Å²) in [6.45, 7) is 4.09. The number of nitrogens with one attached hydrogen (secondary N) is 3. The van der Waals surface area contributed by atoms with Crippen molar-refractivity contribution in [1.29, 1.82) is 0 Å². The molecule has 1 rings (SSSR count). The van der Waals surface area contributed by atoms with E-state index in [4.69, 9.17) is 0 Å². The van der Waals surface area contributed by atoms with Gasteiger partial charge in [-0.25, -0.2) is 9.78 Å². The average Bonchev–Trinajstić information content (AvgIpc) is 2.28. The van der Waals surface area contributed by atoms with Crippen molar-refractivity contribution in [2.75, 3.05) is 17.2 Å². The van der Waals surface area contributed by atoms with Crippen LogP contribution in [0.25, 0.3) is 0 Å². The van der Waals surface area contributed by atoms with E-state index in [1.54, 1.807) is 18.2 Å². The third-order valence-electron chi connectivity index (χ3n) is 2.11. The zero-order valence-corrected chi connectivity index (χ0v) is 10.6. The number of rotatable bonds is 5. The van der Waals surface area contributed by atoms with Gasteiger partial charge in [0.15, 0.2) is 0 Å². The summed E-state index contributed by atoms with van der Waals surface area (Å²) in [7, 11) is 0. The van der Waals surface area contributed by atoms with E-state index < -0.39 is 0 Å². The van der Waals surface area contributed by atoms with Crippen molar-refractivity contribution in [1.82, 2.24) is 10.3 Å². The molecule has 1 aromatic heterocycles. The van der Waals surface area contributed by atoms with Crippen LogP contribution >= 0.6 is 0 Å². The Morgan fingerprint density at radius 3 is 2.50 bits per heavy atom. The Kier molecular flexibility index (Phi) is 5.63. The second kappa shape index (κ2) is 7.26. The number of pyridine rings is 1. The number of hydrogen-bond acceptors (Lipinski definition) is 3. The maximum Gasteiger partial charge on any atom is 0.320 e. The highest BCUT2D eigenvalue weighted by Crippen LogP contribution is 2.08. The van der Waals surface area contributed by atoms with E-state index in [2.05, 4.69) is 27.9 Å². The summed E-state index contributed by atoms with van der Waals surface area (Å²) in [5, 5.41) is 7.87. The zero-order valence-electron chi connectivity index (χ0n) is 10.6. The molecule has 0 atom stereocenters. The van der Waals surface area contributed by atoms with Gasteiger partial charge in [0.1, 0.15) is 11.6 Å². The number of hydrogen-bond donors (Lipinski definition) is 3. The molecular formula is C12H18N4O2. The first-order valence-electron chi connectivity index (χ1n) is 5.91. The normalized spacial score (nSPS) is 9.67. The van der Waals surface area contributed by atoms with Gasteiger partial charge in [-0.3, -0.25) is 10.1 Å². The third kappa shape index (κ3) is 5.29. The predicted molar refractivity (Wildman–Crippen MR) is 70.5 cm³/mol. The number of anilines is 2. The number of unbranched alkanes of at least 4 members (excludes halogenated alkanes) is 1. The molecule has 18 heavy (non-hydrogen) atoms. The fraction of sp³-hybridized carbons (Fsp3) is 0.417. The molecule has 0 saturated carbocycles. The Morgan fingerprint density at radius 1 is 1.22 bits per heavy atom. The number of nitrogens with zero attached hydrogens (tertiary/aromatic N) is 1. The van der Waals surface area contributed by atoms with Crippen LogP contribution in [0.2, 0.25) is 0 Å². The molecule has 0 radical (unpaired) electrons. The summed E-state index contributed by atoms with van der Waals surface area (Å²) in [6.07, 6.45) is 1.96. The van der Waals surface area contributed by atoms with Crippen molar-refractivity contribution in [3.63, 3.8) is 0 Å². The second-order valence-electron chi connectivity index (χ2n) is 3.82. The van der Waals surface area contributed by atoms with Gasteiger partial charge in [-0.2, -0.15) is 0 Å². The number of carbonyl (C=O) groups excluding carboxylic acids is 2. The maximum atomic E-state index is 11.5. The highest BCUT2D eigenvalue weighted by atomic mass is 16.2. The molecule has 0 saturated heterocycles. The molecule has 0 aromatic carbocycles. The lowest BCUT2D eigenvalue weighted by molar-refractivity contribution is -0.114. The van der Waals surface area contributed by atoms with Crippen LogP contribution in [0, 0.1) is 0 Å². The van der Waals surface area contributed by atoms with Gasteiger partial charge in [-0.1, -0.05) is 19.4 Å². The Hall–Kier alpha value is -2.11. The van der Waals surface area contributed by atoms with E-state index in [0.717, 1.165) is 12.8 Å². The SMILES string of the molecule is CCCCNC(=O)Nc1cccc(NC(C)=O)n1. The Bertz CT molecular complexity index is 420. The molecule has 98 valence electrons. The van der Waals surface area contributed by atoms with Crippen molar-refractivity contribution in [2.24, 2.45) is 0 Å². The first-order chi connectivity index (χ1) is 8.61. The van der Waals surface area contributed by atoms with Crippen molar-refractivity contribution in [2.45, 2.75) is 26.7 Å². The highest BCUT2D eigenvalue weighted by Gasteiger charge is 2.03. The Balaban J connectivity index is 2.51. The Labute approximate surface area is 106 Å². The lowest BCUT2D eigenvalue weighted by Gasteiger charge is -2.07. The van der Waals surface area contributed by atoms with Gasteiger partial charge < -0.3 is 10.6 Å². The molecule has 0 spiro atoms. The van der Waals surface area contributed by atoms with Crippen LogP contribution in [0.4, 0.5) is 16.4 Å². The second-order valence-corrected chi connectivity index (χ2v) is 3.82. The molecule has 0 unspecified atom stereocenters. The van der Waals surface area contributed by atoms with E-state index in [-0.39, 0.29) is 11.9 Å². The van der Waals surface area contributed by atoms with Gasteiger partial charge in [-0.15, -0.1) is 0 Å². The predicted octanol–water partition coefficient (Wildman–Crippen LogP) is 1.96. The summed E-state index contributed by atoms with van der Waals surface area (Å²) >= 11 is 0. The molecule has 6 nitrogen and oxygen atoms in total. The standard InChI is InChI=1S/C12H18N4O2/c1-3-4-8-13-12(18)16-11-7-5-6-10(15-11)14-9(2)17/h5-7H,3-4,8H2,1-2H3,(H3,13,14,15,16,17,18). The zero-order chi connectivity index (χ0) is 13.4. The first-order valence-corrected chi connectivity index (χ1v) is 5.91. The minimum Gasteiger partial charge on any atom is -0.338 e. The van der Waals surface area contributed by atoms with Crippen LogP contribution < -0.4 is 16.0 Å². The number of amides is 3. The molecule has 0 fully saturated rings. The summed E-state index contributed by atoms with van der Waals surface area (Å²) < 4.78 is 0. The molecule has 0 aliphatic rings. The first kappa shape index (κ1) is 14.0.